The maximum absolute atomic E-state index is 12.1. The fourth-order valence-electron chi connectivity index (χ4n) is 1.90. The summed E-state index contributed by atoms with van der Waals surface area (Å²) < 4.78 is 1.41. The Hall–Kier alpha value is -1.40. The van der Waals surface area contributed by atoms with Crippen molar-refractivity contribution in [1.29, 1.82) is 0 Å². The summed E-state index contributed by atoms with van der Waals surface area (Å²) in [4.78, 5) is 17.6. The molecule has 0 aliphatic rings. The summed E-state index contributed by atoms with van der Waals surface area (Å²) in [5.74, 6) is 0. The number of hydrogen-bond donors (Lipinski definition) is 1. The van der Waals surface area contributed by atoms with Gasteiger partial charge < -0.3 is 5.32 Å². The molecular weight excluding hydrogens is 308 g/mol. The molecule has 0 fully saturated rings. The van der Waals surface area contributed by atoms with Crippen LogP contribution in [0.2, 0.25) is 5.02 Å². The molecule has 1 atom stereocenters. The lowest BCUT2D eigenvalue weighted by molar-refractivity contribution is 0.543. The molecule has 0 spiro atoms. The Morgan fingerprint density at radius 1 is 1.48 bits per heavy atom. The van der Waals surface area contributed by atoms with Crippen molar-refractivity contribution < 1.29 is 0 Å². The van der Waals surface area contributed by atoms with Crippen LogP contribution in [0.1, 0.15) is 42.6 Å². The lowest BCUT2D eigenvalue weighted by atomic mass is 10.3. The lowest BCUT2D eigenvalue weighted by Gasteiger charge is -2.14. The average Bonchev–Trinajstić information content (AvgIpc) is 2.90. The molecule has 0 amide bonds. The summed E-state index contributed by atoms with van der Waals surface area (Å²) in [7, 11) is 0. The van der Waals surface area contributed by atoms with Gasteiger partial charge in [0.2, 0.25) is 0 Å². The third kappa shape index (κ3) is 3.83. The number of unbranched alkanes of at least 4 members (excludes halogenated alkanes) is 1. The molecule has 2 aromatic rings. The van der Waals surface area contributed by atoms with Crippen molar-refractivity contribution in [2.75, 3.05) is 5.32 Å². The van der Waals surface area contributed by atoms with E-state index in [0.29, 0.717) is 12.2 Å². The largest absolute Gasteiger partial charge is 0.373 e. The number of anilines is 1. The van der Waals surface area contributed by atoms with Crippen LogP contribution in [0.25, 0.3) is 0 Å². The number of nitrogens with one attached hydrogen (secondary N) is 1. The molecule has 21 heavy (non-hydrogen) atoms. The summed E-state index contributed by atoms with van der Waals surface area (Å²) in [6, 6.07) is -0.0195. The number of rotatable bonds is 6. The fraction of sp³-hybridized carbons (Fsp3) is 0.500. The molecule has 0 saturated heterocycles. The Morgan fingerprint density at radius 2 is 2.24 bits per heavy atom. The SMILES string of the molecule is CCCCn1ncc(NC(C)c2ncc(C)s2)c(Cl)c1=O. The molecular formula is C14H19ClN4OS. The van der Waals surface area contributed by atoms with Gasteiger partial charge >= 0.3 is 0 Å². The molecule has 0 bridgehead atoms. The Morgan fingerprint density at radius 3 is 2.86 bits per heavy atom. The second-order valence-electron chi connectivity index (χ2n) is 4.93. The summed E-state index contributed by atoms with van der Waals surface area (Å²) in [5.41, 5.74) is 0.299. The van der Waals surface area contributed by atoms with Crippen molar-refractivity contribution in [1.82, 2.24) is 14.8 Å². The normalized spacial score (nSPS) is 12.4. The molecule has 0 aliphatic heterocycles. The molecule has 0 aliphatic carbocycles. The van der Waals surface area contributed by atoms with Gasteiger partial charge in [-0.2, -0.15) is 5.10 Å². The molecule has 2 aromatic heterocycles. The van der Waals surface area contributed by atoms with E-state index in [1.807, 2.05) is 20.0 Å². The summed E-state index contributed by atoms with van der Waals surface area (Å²) in [5, 5.41) is 8.51. The van der Waals surface area contributed by atoms with Crippen LogP contribution in [0.15, 0.2) is 17.2 Å². The zero-order valence-corrected chi connectivity index (χ0v) is 14.0. The first-order valence-corrected chi connectivity index (χ1v) is 8.16. The first-order valence-electron chi connectivity index (χ1n) is 6.97. The van der Waals surface area contributed by atoms with E-state index in [1.54, 1.807) is 17.5 Å². The van der Waals surface area contributed by atoms with Crippen LogP contribution in [-0.4, -0.2) is 14.8 Å². The number of aromatic nitrogens is 3. The fourth-order valence-corrected chi connectivity index (χ4v) is 2.88. The molecule has 114 valence electrons. The predicted octanol–water partition coefficient (Wildman–Crippen LogP) is 3.63. The van der Waals surface area contributed by atoms with Crippen LogP contribution < -0.4 is 10.9 Å². The van der Waals surface area contributed by atoms with Crippen LogP contribution in [0.5, 0.6) is 0 Å². The minimum atomic E-state index is -0.252. The number of halogens is 1. The molecule has 2 heterocycles. The minimum Gasteiger partial charge on any atom is -0.373 e. The van der Waals surface area contributed by atoms with Gasteiger partial charge in [0.25, 0.3) is 5.56 Å². The number of aryl methyl sites for hydroxylation is 2. The molecule has 1 unspecified atom stereocenters. The zero-order valence-electron chi connectivity index (χ0n) is 12.4. The van der Waals surface area contributed by atoms with Crippen molar-refractivity contribution in [3.05, 3.63) is 37.7 Å². The van der Waals surface area contributed by atoms with Crippen LogP contribution >= 0.6 is 22.9 Å². The van der Waals surface area contributed by atoms with Crippen molar-refractivity contribution in [2.24, 2.45) is 0 Å². The van der Waals surface area contributed by atoms with Crippen molar-refractivity contribution >= 4 is 28.6 Å². The van der Waals surface area contributed by atoms with Crippen LogP contribution in [0, 0.1) is 6.92 Å². The van der Waals surface area contributed by atoms with Gasteiger partial charge in [-0.05, 0) is 20.3 Å². The van der Waals surface area contributed by atoms with Gasteiger partial charge in [-0.25, -0.2) is 9.67 Å². The smallest absolute Gasteiger partial charge is 0.287 e. The van der Waals surface area contributed by atoms with E-state index < -0.39 is 0 Å². The van der Waals surface area contributed by atoms with Gasteiger partial charge in [0.1, 0.15) is 10.0 Å². The summed E-state index contributed by atoms with van der Waals surface area (Å²) in [6.07, 6.45) is 5.36. The monoisotopic (exact) mass is 326 g/mol. The molecule has 7 heteroatoms. The Bertz CT molecular complexity index is 667. The highest BCUT2D eigenvalue weighted by atomic mass is 35.5. The average molecular weight is 327 g/mol. The lowest BCUT2D eigenvalue weighted by Crippen LogP contribution is -2.24. The van der Waals surface area contributed by atoms with E-state index in [0.717, 1.165) is 22.7 Å². The summed E-state index contributed by atoms with van der Waals surface area (Å²) >= 11 is 7.78. The van der Waals surface area contributed by atoms with Gasteiger partial charge in [0, 0.05) is 17.6 Å². The van der Waals surface area contributed by atoms with Crippen LogP contribution in [0.3, 0.4) is 0 Å². The maximum Gasteiger partial charge on any atom is 0.287 e. The predicted molar refractivity (Wildman–Crippen MR) is 87.3 cm³/mol. The van der Waals surface area contributed by atoms with Crippen molar-refractivity contribution in [2.45, 2.75) is 46.2 Å². The molecule has 2 rings (SSSR count). The maximum atomic E-state index is 12.1. The highest BCUT2D eigenvalue weighted by molar-refractivity contribution is 7.11. The van der Waals surface area contributed by atoms with Crippen molar-refractivity contribution in [3.8, 4) is 0 Å². The van der Waals surface area contributed by atoms with Crippen LogP contribution in [0.4, 0.5) is 5.69 Å². The summed E-state index contributed by atoms with van der Waals surface area (Å²) in [6.45, 7) is 6.66. The topological polar surface area (TPSA) is 59.8 Å². The molecule has 1 N–H and O–H groups in total. The first-order chi connectivity index (χ1) is 10.0. The van der Waals surface area contributed by atoms with E-state index in [1.165, 1.54) is 4.68 Å². The van der Waals surface area contributed by atoms with Gasteiger partial charge in [0.05, 0.1) is 17.9 Å². The minimum absolute atomic E-state index is 0.0195. The van der Waals surface area contributed by atoms with Gasteiger partial charge in [-0.15, -0.1) is 11.3 Å². The second-order valence-corrected chi connectivity index (χ2v) is 6.57. The van der Waals surface area contributed by atoms with E-state index in [4.69, 9.17) is 11.6 Å². The molecule has 0 saturated carbocycles. The number of thiazole rings is 1. The molecule has 0 aromatic carbocycles. The Kier molecular flexibility index (Phi) is 5.36. The van der Waals surface area contributed by atoms with E-state index >= 15 is 0 Å². The van der Waals surface area contributed by atoms with E-state index in [9.17, 15) is 4.79 Å². The standard InChI is InChI=1S/C14H19ClN4OS/c1-4-5-6-19-14(20)12(15)11(8-17-19)18-10(3)13-16-7-9(2)21-13/h7-8,10,18H,4-6H2,1-3H3. The highest BCUT2D eigenvalue weighted by Crippen LogP contribution is 2.25. The van der Waals surface area contributed by atoms with Crippen molar-refractivity contribution in [3.63, 3.8) is 0 Å². The van der Waals surface area contributed by atoms with Gasteiger partial charge in [-0.3, -0.25) is 4.79 Å². The van der Waals surface area contributed by atoms with Crippen LogP contribution in [-0.2, 0) is 6.54 Å². The first kappa shape index (κ1) is 16.0. The number of nitrogens with zero attached hydrogens (tertiary/aromatic N) is 3. The van der Waals surface area contributed by atoms with Gasteiger partial charge in [0.15, 0.2) is 0 Å². The Balaban J connectivity index is 2.17. The molecule has 5 nitrogen and oxygen atoms in total. The zero-order chi connectivity index (χ0) is 15.4. The Labute approximate surface area is 133 Å². The second kappa shape index (κ2) is 7.04. The van der Waals surface area contributed by atoms with E-state index in [-0.39, 0.29) is 16.6 Å². The third-order valence-corrected chi connectivity index (χ3v) is 4.55. The quantitative estimate of drug-likeness (QED) is 0.880. The third-order valence-electron chi connectivity index (χ3n) is 3.09. The van der Waals surface area contributed by atoms with E-state index in [2.05, 4.69) is 22.3 Å². The molecule has 0 radical (unpaired) electrons. The highest BCUT2D eigenvalue weighted by Gasteiger charge is 2.14. The number of hydrogen-bond acceptors (Lipinski definition) is 5. The van der Waals surface area contributed by atoms with Gasteiger partial charge in [-0.1, -0.05) is 24.9 Å².